The Morgan fingerprint density at radius 3 is 2.52 bits per heavy atom. The largest absolute Gasteiger partial charge is 0.488 e. The van der Waals surface area contributed by atoms with E-state index in [4.69, 9.17) is 19.9 Å². The van der Waals surface area contributed by atoms with Crippen molar-refractivity contribution in [1.82, 2.24) is 19.9 Å². The van der Waals surface area contributed by atoms with Crippen molar-refractivity contribution >= 4 is 17.7 Å². The first-order valence-corrected chi connectivity index (χ1v) is 8.76. The van der Waals surface area contributed by atoms with Crippen LogP contribution in [0.2, 0.25) is 0 Å². The lowest BCUT2D eigenvalue weighted by molar-refractivity contribution is 0.0514. The molecular weight excluding hydrogens is 352 g/mol. The summed E-state index contributed by atoms with van der Waals surface area (Å²) in [6.07, 6.45) is 3.02. The fourth-order valence-electron chi connectivity index (χ4n) is 2.63. The normalized spacial score (nSPS) is 14.1. The average molecular weight is 374 g/mol. The highest BCUT2D eigenvalue weighted by Gasteiger charge is 2.27. The molecular formula is C17H22N6O4. The minimum Gasteiger partial charge on any atom is -0.488 e. The Bertz CT molecular complexity index is 793. The summed E-state index contributed by atoms with van der Waals surface area (Å²) >= 11 is 0. The number of morpholine rings is 1. The molecule has 0 amide bonds. The molecule has 0 aromatic carbocycles. The number of aromatic nitrogens is 4. The molecule has 2 aromatic heterocycles. The van der Waals surface area contributed by atoms with Gasteiger partial charge in [-0.05, 0) is 13.8 Å². The zero-order valence-corrected chi connectivity index (χ0v) is 15.3. The van der Waals surface area contributed by atoms with Gasteiger partial charge in [-0.3, -0.25) is 0 Å². The van der Waals surface area contributed by atoms with Crippen LogP contribution in [0.25, 0.3) is 11.4 Å². The number of rotatable bonds is 6. The summed E-state index contributed by atoms with van der Waals surface area (Å²) in [5, 5.41) is 0. The molecule has 1 saturated heterocycles. The predicted molar refractivity (Wildman–Crippen MR) is 97.6 cm³/mol. The topological polar surface area (TPSA) is 126 Å². The molecule has 0 saturated carbocycles. The number of hydrogen-bond acceptors (Lipinski definition) is 10. The molecule has 10 nitrogen and oxygen atoms in total. The van der Waals surface area contributed by atoms with Crippen LogP contribution in [0.5, 0.6) is 5.75 Å². The standard InChI is InChI=1S/C17H22N6O4/c1-3-26-13-12(16(24)27-4-2)21-14(11-9-19-17(18)20-10-11)22-15(13)23-5-7-25-8-6-23/h9-10H,3-8H2,1-2H3,(H2,18,19,20). The van der Waals surface area contributed by atoms with Crippen LogP contribution < -0.4 is 15.4 Å². The Kier molecular flexibility index (Phi) is 5.97. The second-order valence-corrected chi connectivity index (χ2v) is 5.63. The van der Waals surface area contributed by atoms with Gasteiger partial charge in [0.05, 0.1) is 32.0 Å². The third-order valence-electron chi connectivity index (χ3n) is 3.85. The van der Waals surface area contributed by atoms with Crippen LogP contribution in [0.4, 0.5) is 11.8 Å². The Balaban J connectivity index is 2.15. The van der Waals surface area contributed by atoms with Gasteiger partial charge in [-0.1, -0.05) is 0 Å². The van der Waals surface area contributed by atoms with E-state index < -0.39 is 5.97 Å². The zero-order chi connectivity index (χ0) is 19.2. The minimum absolute atomic E-state index is 0.0713. The second-order valence-electron chi connectivity index (χ2n) is 5.63. The summed E-state index contributed by atoms with van der Waals surface area (Å²) < 4.78 is 16.3. The molecule has 1 aliphatic rings. The van der Waals surface area contributed by atoms with Crippen molar-refractivity contribution in [3.05, 3.63) is 18.1 Å². The number of nitrogen functional groups attached to an aromatic ring is 1. The number of carbonyl (C=O) groups is 1. The first-order valence-electron chi connectivity index (χ1n) is 8.76. The molecule has 1 aliphatic heterocycles. The van der Waals surface area contributed by atoms with E-state index in [2.05, 4.69) is 19.9 Å². The highest BCUT2D eigenvalue weighted by Crippen LogP contribution is 2.33. The number of esters is 1. The quantitative estimate of drug-likeness (QED) is 0.730. The minimum atomic E-state index is -0.574. The first kappa shape index (κ1) is 18.8. The van der Waals surface area contributed by atoms with Crippen LogP contribution in [-0.2, 0) is 9.47 Å². The summed E-state index contributed by atoms with van der Waals surface area (Å²) in [4.78, 5) is 31.5. The second kappa shape index (κ2) is 8.58. The molecule has 0 bridgehead atoms. The summed E-state index contributed by atoms with van der Waals surface area (Å²) in [5.74, 6) is 0.685. The van der Waals surface area contributed by atoms with Gasteiger partial charge >= 0.3 is 5.97 Å². The number of carbonyl (C=O) groups excluding carboxylic acids is 1. The van der Waals surface area contributed by atoms with Gasteiger partial charge in [0.1, 0.15) is 0 Å². The molecule has 144 valence electrons. The average Bonchev–Trinajstić information content (AvgIpc) is 2.69. The van der Waals surface area contributed by atoms with Crippen LogP contribution in [0.1, 0.15) is 24.3 Å². The predicted octanol–water partition coefficient (Wildman–Crippen LogP) is 0.928. The summed E-state index contributed by atoms with van der Waals surface area (Å²) in [5.41, 5.74) is 6.16. The van der Waals surface area contributed by atoms with Crippen LogP contribution in [0.3, 0.4) is 0 Å². The van der Waals surface area contributed by atoms with E-state index in [-0.39, 0.29) is 18.2 Å². The molecule has 3 heterocycles. The Morgan fingerprint density at radius 1 is 1.19 bits per heavy atom. The van der Waals surface area contributed by atoms with Gasteiger partial charge in [-0.15, -0.1) is 0 Å². The van der Waals surface area contributed by atoms with Crippen LogP contribution >= 0.6 is 0 Å². The molecule has 3 rings (SSSR count). The maximum absolute atomic E-state index is 12.5. The molecule has 0 atom stereocenters. The van der Waals surface area contributed by atoms with Crippen molar-refractivity contribution in [3.63, 3.8) is 0 Å². The van der Waals surface area contributed by atoms with E-state index in [1.807, 2.05) is 11.8 Å². The van der Waals surface area contributed by atoms with Crippen LogP contribution in [0, 0.1) is 0 Å². The fourth-order valence-corrected chi connectivity index (χ4v) is 2.63. The molecule has 0 aliphatic carbocycles. The Hall–Kier alpha value is -3.01. The van der Waals surface area contributed by atoms with E-state index in [0.717, 1.165) is 0 Å². The molecule has 0 spiro atoms. The van der Waals surface area contributed by atoms with Crippen molar-refractivity contribution in [3.8, 4) is 17.1 Å². The van der Waals surface area contributed by atoms with Crippen molar-refractivity contribution < 1.29 is 19.0 Å². The van der Waals surface area contributed by atoms with Gasteiger partial charge in [-0.2, -0.15) is 0 Å². The van der Waals surface area contributed by atoms with E-state index in [1.54, 1.807) is 6.92 Å². The van der Waals surface area contributed by atoms with Gasteiger partial charge in [-0.25, -0.2) is 24.7 Å². The summed E-state index contributed by atoms with van der Waals surface area (Å²) in [6.45, 7) is 6.51. The number of nitrogens with zero attached hydrogens (tertiary/aromatic N) is 5. The van der Waals surface area contributed by atoms with Gasteiger partial charge in [0.2, 0.25) is 5.95 Å². The molecule has 1 fully saturated rings. The SMILES string of the molecule is CCOC(=O)c1nc(-c2cnc(N)nc2)nc(N2CCOCC2)c1OCC. The molecule has 27 heavy (non-hydrogen) atoms. The number of ether oxygens (including phenoxy) is 3. The van der Waals surface area contributed by atoms with Gasteiger partial charge in [0.25, 0.3) is 0 Å². The van der Waals surface area contributed by atoms with Crippen molar-refractivity contribution in [2.24, 2.45) is 0 Å². The van der Waals surface area contributed by atoms with Crippen molar-refractivity contribution in [2.45, 2.75) is 13.8 Å². The van der Waals surface area contributed by atoms with Gasteiger partial charge in [0, 0.05) is 25.5 Å². The third kappa shape index (κ3) is 4.22. The van der Waals surface area contributed by atoms with E-state index in [9.17, 15) is 4.79 Å². The fraction of sp³-hybridized carbons (Fsp3) is 0.471. The van der Waals surface area contributed by atoms with E-state index >= 15 is 0 Å². The Morgan fingerprint density at radius 2 is 1.89 bits per heavy atom. The zero-order valence-electron chi connectivity index (χ0n) is 15.3. The molecule has 0 radical (unpaired) electrons. The molecule has 10 heteroatoms. The van der Waals surface area contributed by atoms with Gasteiger partial charge < -0.3 is 24.8 Å². The monoisotopic (exact) mass is 374 g/mol. The van der Waals surface area contributed by atoms with Gasteiger partial charge in [0.15, 0.2) is 23.1 Å². The smallest absolute Gasteiger partial charge is 0.361 e. The summed E-state index contributed by atoms with van der Waals surface area (Å²) in [6, 6.07) is 0. The number of hydrogen-bond donors (Lipinski definition) is 1. The van der Waals surface area contributed by atoms with E-state index in [0.29, 0.717) is 55.9 Å². The maximum Gasteiger partial charge on any atom is 0.361 e. The lowest BCUT2D eigenvalue weighted by atomic mass is 10.2. The molecule has 2 aromatic rings. The Labute approximate surface area is 156 Å². The van der Waals surface area contributed by atoms with Crippen LogP contribution in [-0.4, -0.2) is 65.4 Å². The highest BCUT2D eigenvalue weighted by atomic mass is 16.5. The lowest BCUT2D eigenvalue weighted by Crippen LogP contribution is -2.37. The number of anilines is 2. The third-order valence-corrected chi connectivity index (χ3v) is 3.85. The lowest BCUT2D eigenvalue weighted by Gasteiger charge is -2.29. The van der Waals surface area contributed by atoms with Crippen molar-refractivity contribution in [2.75, 3.05) is 50.2 Å². The molecule has 0 unspecified atom stereocenters. The van der Waals surface area contributed by atoms with E-state index in [1.165, 1.54) is 12.4 Å². The van der Waals surface area contributed by atoms with Crippen LogP contribution in [0.15, 0.2) is 12.4 Å². The molecule has 2 N–H and O–H groups in total. The maximum atomic E-state index is 12.5. The summed E-state index contributed by atoms with van der Waals surface area (Å²) in [7, 11) is 0. The first-order chi connectivity index (χ1) is 13.1. The van der Waals surface area contributed by atoms with Crippen molar-refractivity contribution in [1.29, 1.82) is 0 Å². The highest BCUT2D eigenvalue weighted by molar-refractivity contribution is 5.93. The number of nitrogens with two attached hydrogens (primary N) is 1.